The zero-order valence-electron chi connectivity index (χ0n) is 7.95. The van der Waals surface area contributed by atoms with E-state index in [1.54, 1.807) is 13.0 Å². The molecule has 0 aromatic carbocycles. The Kier molecular flexibility index (Phi) is 3.62. The van der Waals surface area contributed by atoms with E-state index in [-0.39, 0.29) is 0 Å². The third-order valence-electron chi connectivity index (χ3n) is 1.61. The average molecular weight is 229 g/mol. The number of aryl methyl sites for hydroxylation is 1. The molecule has 1 aromatic heterocycles. The number of aromatic nitrogens is 1. The number of nitrogens with zero attached hydrogens (tertiary/aromatic N) is 1. The van der Waals surface area contributed by atoms with Gasteiger partial charge in [-0.25, -0.2) is 4.98 Å². The Morgan fingerprint density at radius 3 is 2.80 bits per heavy atom. The van der Waals surface area contributed by atoms with Gasteiger partial charge in [0.2, 0.25) is 5.91 Å². The minimum Gasteiger partial charge on any atom is -0.481 e. The van der Waals surface area contributed by atoms with Crippen molar-refractivity contribution in [3.8, 4) is 0 Å². The number of hydrogen-bond donors (Lipinski definition) is 2. The van der Waals surface area contributed by atoms with Gasteiger partial charge < -0.3 is 10.4 Å². The lowest BCUT2D eigenvalue weighted by atomic mass is 10.3. The Hall–Kier alpha value is -1.62. The van der Waals surface area contributed by atoms with Crippen LogP contribution >= 0.6 is 11.6 Å². The van der Waals surface area contributed by atoms with E-state index in [0.29, 0.717) is 16.4 Å². The highest BCUT2D eigenvalue weighted by atomic mass is 35.5. The van der Waals surface area contributed by atoms with E-state index in [4.69, 9.17) is 16.7 Å². The lowest BCUT2D eigenvalue weighted by Crippen LogP contribution is -2.16. The van der Waals surface area contributed by atoms with Crippen LogP contribution in [0.1, 0.15) is 12.0 Å². The molecule has 0 saturated heterocycles. The molecule has 0 bridgehead atoms. The van der Waals surface area contributed by atoms with Gasteiger partial charge in [-0.05, 0) is 18.6 Å². The van der Waals surface area contributed by atoms with Gasteiger partial charge >= 0.3 is 5.97 Å². The summed E-state index contributed by atoms with van der Waals surface area (Å²) in [7, 11) is 0. The minimum absolute atomic E-state index is 0.353. The number of nitrogens with one attached hydrogen (secondary N) is 1. The molecule has 0 atom stereocenters. The molecule has 1 rings (SSSR count). The van der Waals surface area contributed by atoms with Crippen molar-refractivity contribution in [2.45, 2.75) is 13.3 Å². The molecule has 6 heteroatoms. The number of carbonyl (C=O) groups is 2. The van der Waals surface area contributed by atoms with Gasteiger partial charge in [0.1, 0.15) is 11.6 Å². The van der Waals surface area contributed by atoms with E-state index in [1.807, 2.05) is 0 Å². The van der Waals surface area contributed by atoms with Crippen molar-refractivity contribution in [1.29, 1.82) is 0 Å². The van der Waals surface area contributed by atoms with E-state index >= 15 is 0 Å². The highest BCUT2D eigenvalue weighted by Gasteiger charge is 2.08. The second-order valence-electron chi connectivity index (χ2n) is 2.95. The van der Waals surface area contributed by atoms with Gasteiger partial charge in [0.15, 0.2) is 0 Å². The number of pyridine rings is 1. The predicted molar refractivity (Wildman–Crippen MR) is 54.9 cm³/mol. The standard InChI is InChI=1S/C9H9ClN2O3/c1-5-2-6(4-11-9(5)10)12-7(13)3-8(14)15/h2,4H,3H2,1H3,(H,12,13)(H,14,15). The van der Waals surface area contributed by atoms with E-state index < -0.39 is 18.3 Å². The van der Waals surface area contributed by atoms with Crippen molar-refractivity contribution in [3.63, 3.8) is 0 Å². The predicted octanol–water partition coefficient (Wildman–Crippen LogP) is 1.46. The number of anilines is 1. The van der Waals surface area contributed by atoms with Crippen LogP contribution in [0.25, 0.3) is 0 Å². The van der Waals surface area contributed by atoms with Crippen LogP contribution in [0, 0.1) is 6.92 Å². The molecule has 0 unspecified atom stereocenters. The number of rotatable bonds is 3. The number of hydrogen-bond acceptors (Lipinski definition) is 3. The molecule has 5 nitrogen and oxygen atoms in total. The molecule has 1 aromatic rings. The number of carbonyl (C=O) groups excluding carboxylic acids is 1. The van der Waals surface area contributed by atoms with Gasteiger partial charge in [0.25, 0.3) is 0 Å². The van der Waals surface area contributed by atoms with Gasteiger partial charge in [0.05, 0.1) is 11.9 Å². The first-order valence-electron chi connectivity index (χ1n) is 4.13. The van der Waals surface area contributed by atoms with Crippen molar-refractivity contribution in [1.82, 2.24) is 4.98 Å². The lowest BCUT2D eigenvalue weighted by Gasteiger charge is -2.04. The molecule has 0 aliphatic heterocycles. The van der Waals surface area contributed by atoms with Crippen LogP contribution in [0.4, 0.5) is 5.69 Å². The number of aliphatic carboxylic acids is 1. The van der Waals surface area contributed by atoms with Crippen LogP contribution in [0.5, 0.6) is 0 Å². The van der Waals surface area contributed by atoms with Gasteiger partial charge in [-0.15, -0.1) is 0 Å². The van der Waals surface area contributed by atoms with E-state index in [2.05, 4.69) is 10.3 Å². The van der Waals surface area contributed by atoms with Crippen molar-refractivity contribution < 1.29 is 14.7 Å². The maximum Gasteiger partial charge on any atom is 0.312 e. The van der Waals surface area contributed by atoms with Gasteiger partial charge in [0, 0.05) is 0 Å². The zero-order valence-corrected chi connectivity index (χ0v) is 8.71. The highest BCUT2D eigenvalue weighted by molar-refractivity contribution is 6.30. The van der Waals surface area contributed by atoms with Crippen LogP contribution in [-0.2, 0) is 9.59 Å². The monoisotopic (exact) mass is 228 g/mol. The molecular formula is C9H9ClN2O3. The summed E-state index contributed by atoms with van der Waals surface area (Å²) in [6, 6.07) is 1.62. The molecule has 1 amide bonds. The van der Waals surface area contributed by atoms with Crippen molar-refractivity contribution in [2.24, 2.45) is 0 Å². The first kappa shape index (κ1) is 11.5. The Morgan fingerprint density at radius 2 is 2.27 bits per heavy atom. The molecule has 15 heavy (non-hydrogen) atoms. The number of carboxylic acids is 1. The average Bonchev–Trinajstić information content (AvgIpc) is 2.10. The maximum absolute atomic E-state index is 11.1. The number of amides is 1. The normalized spacial score (nSPS) is 9.73. The molecule has 2 N–H and O–H groups in total. The second-order valence-corrected chi connectivity index (χ2v) is 3.31. The third kappa shape index (κ3) is 3.55. The molecule has 80 valence electrons. The third-order valence-corrected chi connectivity index (χ3v) is 2.01. The van der Waals surface area contributed by atoms with Gasteiger partial charge in [-0.1, -0.05) is 11.6 Å². The van der Waals surface area contributed by atoms with Crippen LogP contribution < -0.4 is 5.32 Å². The van der Waals surface area contributed by atoms with Crippen molar-refractivity contribution in [2.75, 3.05) is 5.32 Å². The summed E-state index contributed by atoms with van der Waals surface area (Å²) in [5, 5.41) is 11.1. The minimum atomic E-state index is -1.17. The summed E-state index contributed by atoms with van der Waals surface area (Å²) in [6.07, 6.45) is 0.802. The van der Waals surface area contributed by atoms with Crippen molar-refractivity contribution in [3.05, 3.63) is 23.0 Å². The fraction of sp³-hybridized carbons (Fsp3) is 0.222. The summed E-state index contributed by atoms with van der Waals surface area (Å²) >= 11 is 5.68. The molecule has 0 saturated carbocycles. The molecule has 0 aliphatic rings. The first-order chi connectivity index (χ1) is 6.99. The van der Waals surface area contributed by atoms with Crippen LogP contribution in [0.2, 0.25) is 5.15 Å². The van der Waals surface area contributed by atoms with Crippen LogP contribution in [-0.4, -0.2) is 22.0 Å². The number of carboxylic acid groups (broad SMARTS) is 1. The van der Waals surface area contributed by atoms with E-state index in [0.717, 1.165) is 0 Å². The number of halogens is 1. The summed E-state index contributed by atoms with van der Waals surface area (Å²) in [5.74, 6) is -1.77. The van der Waals surface area contributed by atoms with Crippen molar-refractivity contribution >= 4 is 29.2 Å². The summed E-state index contributed by atoms with van der Waals surface area (Å²) in [5.41, 5.74) is 1.15. The van der Waals surface area contributed by atoms with Gasteiger partial charge in [-0.2, -0.15) is 0 Å². The first-order valence-corrected chi connectivity index (χ1v) is 4.50. The summed E-state index contributed by atoms with van der Waals surface area (Å²) in [4.78, 5) is 25.1. The topological polar surface area (TPSA) is 79.3 Å². The van der Waals surface area contributed by atoms with Crippen LogP contribution in [0.3, 0.4) is 0 Å². The Morgan fingerprint density at radius 1 is 1.60 bits per heavy atom. The maximum atomic E-state index is 11.1. The highest BCUT2D eigenvalue weighted by Crippen LogP contribution is 2.15. The Balaban J connectivity index is 2.69. The lowest BCUT2D eigenvalue weighted by molar-refractivity contribution is -0.139. The van der Waals surface area contributed by atoms with Gasteiger partial charge in [-0.3, -0.25) is 9.59 Å². The SMILES string of the molecule is Cc1cc(NC(=O)CC(=O)O)cnc1Cl. The molecule has 0 fully saturated rings. The summed E-state index contributed by atoms with van der Waals surface area (Å²) in [6.45, 7) is 1.74. The second kappa shape index (κ2) is 4.75. The fourth-order valence-electron chi connectivity index (χ4n) is 0.969. The molecule has 0 radical (unpaired) electrons. The van der Waals surface area contributed by atoms with Crippen LogP contribution in [0.15, 0.2) is 12.3 Å². The molecular weight excluding hydrogens is 220 g/mol. The Labute approximate surface area is 91.1 Å². The zero-order chi connectivity index (χ0) is 11.4. The fourth-order valence-corrected chi connectivity index (χ4v) is 1.07. The summed E-state index contributed by atoms with van der Waals surface area (Å²) < 4.78 is 0. The quantitative estimate of drug-likeness (QED) is 0.606. The largest absolute Gasteiger partial charge is 0.481 e. The molecule has 1 heterocycles. The Bertz CT molecular complexity index is 406. The van der Waals surface area contributed by atoms with E-state index in [9.17, 15) is 9.59 Å². The van der Waals surface area contributed by atoms with E-state index in [1.165, 1.54) is 6.20 Å². The molecule has 0 aliphatic carbocycles. The molecule has 0 spiro atoms. The smallest absolute Gasteiger partial charge is 0.312 e.